The molecule has 7 nitrogen and oxygen atoms in total. The number of carbonyl (C=O) groups is 2. The summed E-state index contributed by atoms with van der Waals surface area (Å²) >= 11 is 7.82. The van der Waals surface area contributed by atoms with Gasteiger partial charge in [0, 0.05) is 17.1 Å². The lowest BCUT2D eigenvalue weighted by Gasteiger charge is -2.23. The van der Waals surface area contributed by atoms with Crippen LogP contribution in [-0.2, 0) is 0 Å². The van der Waals surface area contributed by atoms with Gasteiger partial charge in [0.15, 0.2) is 0 Å². The number of urea groups is 1. The van der Waals surface area contributed by atoms with E-state index in [1.807, 2.05) is 31.2 Å². The number of amides is 3. The molecule has 0 spiro atoms. The zero-order valence-corrected chi connectivity index (χ0v) is 24.1. The second-order valence-corrected chi connectivity index (χ2v) is 9.84. The lowest BCUT2D eigenvalue weighted by atomic mass is 10.1. The maximum atomic E-state index is 14.2. The van der Waals surface area contributed by atoms with Crippen LogP contribution in [0.2, 0.25) is 0 Å². The highest BCUT2D eigenvalue weighted by Gasteiger charge is 2.19. The number of rotatable bonds is 11. The van der Waals surface area contributed by atoms with Crippen LogP contribution in [0.1, 0.15) is 42.7 Å². The predicted octanol–water partition coefficient (Wildman–Crippen LogP) is 6.68. The molecule has 0 saturated carbocycles. The fourth-order valence-electron chi connectivity index (χ4n) is 3.72. The standard InChI is InChI=1S/C28H32BrFN4O3S/c1-4-33(5-2)16-17-37-26-18-22(14-15-25(26)32-27(35)23-8-6-7-9-24(23)30)34(38)28(36)31-19(3)20-10-12-21(29)13-11-20/h6-15,18-19,38H,4-5,16-17H2,1-3H3,(H,31,36)(H,32,35). The van der Waals surface area contributed by atoms with Crippen LogP contribution < -0.4 is 19.7 Å². The number of hydrogen-bond acceptors (Lipinski definition) is 5. The van der Waals surface area contributed by atoms with Crippen molar-refractivity contribution in [3.63, 3.8) is 0 Å². The van der Waals surface area contributed by atoms with Gasteiger partial charge in [-0.15, -0.1) is 0 Å². The molecule has 3 aromatic carbocycles. The van der Waals surface area contributed by atoms with Crippen LogP contribution in [-0.4, -0.2) is 43.1 Å². The number of anilines is 2. The van der Waals surface area contributed by atoms with Gasteiger partial charge in [-0.25, -0.2) is 13.5 Å². The summed E-state index contributed by atoms with van der Waals surface area (Å²) in [6.07, 6.45) is 0. The summed E-state index contributed by atoms with van der Waals surface area (Å²) in [6.45, 7) is 8.79. The number of nitrogens with zero attached hydrogens (tertiary/aromatic N) is 2. The third-order valence-corrected chi connectivity index (χ3v) is 6.98. The highest BCUT2D eigenvalue weighted by molar-refractivity contribution is 9.10. The van der Waals surface area contributed by atoms with E-state index in [4.69, 9.17) is 4.74 Å². The Bertz CT molecular complexity index is 1240. The number of hydrogen-bond donors (Lipinski definition) is 3. The topological polar surface area (TPSA) is 73.9 Å². The zero-order valence-electron chi connectivity index (χ0n) is 21.6. The minimum atomic E-state index is -0.622. The summed E-state index contributed by atoms with van der Waals surface area (Å²) in [4.78, 5) is 27.9. The molecule has 3 amide bonds. The molecule has 202 valence electrons. The Morgan fingerprint density at radius 3 is 2.39 bits per heavy atom. The van der Waals surface area contributed by atoms with Crippen molar-refractivity contribution < 1.29 is 18.7 Å². The Labute approximate surface area is 237 Å². The first-order valence-electron chi connectivity index (χ1n) is 12.3. The first kappa shape index (κ1) is 29.5. The fraction of sp³-hybridized carbons (Fsp3) is 0.286. The van der Waals surface area contributed by atoms with Crippen molar-refractivity contribution in [2.75, 3.05) is 35.9 Å². The molecule has 2 N–H and O–H groups in total. The zero-order chi connectivity index (χ0) is 27.7. The Balaban J connectivity index is 1.79. The lowest BCUT2D eigenvalue weighted by Crippen LogP contribution is -2.35. The largest absolute Gasteiger partial charge is 0.490 e. The Morgan fingerprint density at radius 1 is 1.05 bits per heavy atom. The molecule has 0 aliphatic heterocycles. The molecule has 0 aliphatic carbocycles. The van der Waals surface area contributed by atoms with Crippen molar-refractivity contribution in [1.29, 1.82) is 0 Å². The molecule has 3 aromatic rings. The minimum absolute atomic E-state index is 0.0807. The maximum Gasteiger partial charge on any atom is 0.332 e. The average Bonchev–Trinajstić information content (AvgIpc) is 2.92. The molecule has 0 fully saturated rings. The van der Waals surface area contributed by atoms with Gasteiger partial charge in [0.2, 0.25) is 0 Å². The predicted molar refractivity (Wildman–Crippen MR) is 157 cm³/mol. The van der Waals surface area contributed by atoms with Crippen molar-refractivity contribution in [1.82, 2.24) is 10.2 Å². The highest BCUT2D eigenvalue weighted by Crippen LogP contribution is 2.32. The Kier molecular flexibility index (Phi) is 11.0. The monoisotopic (exact) mass is 602 g/mol. The number of ether oxygens (including phenoxy) is 1. The molecule has 38 heavy (non-hydrogen) atoms. The molecule has 0 bridgehead atoms. The van der Waals surface area contributed by atoms with E-state index in [1.54, 1.807) is 24.3 Å². The van der Waals surface area contributed by atoms with Gasteiger partial charge in [-0.1, -0.05) is 66.9 Å². The van der Waals surface area contributed by atoms with E-state index < -0.39 is 17.8 Å². The van der Waals surface area contributed by atoms with Crippen molar-refractivity contribution in [3.8, 4) is 5.75 Å². The molecular weight excluding hydrogens is 571 g/mol. The Hall–Kier alpha value is -3.08. The summed E-state index contributed by atoms with van der Waals surface area (Å²) in [6, 6.07) is 17.6. The van der Waals surface area contributed by atoms with Gasteiger partial charge in [-0.3, -0.25) is 4.79 Å². The van der Waals surface area contributed by atoms with Crippen LogP contribution in [0.3, 0.4) is 0 Å². The van der Waals surface area contributed by atoms with Gasteiger partial charge in [-0.2, -0.15) is 0 Å². The summed E-state index contributed by atoms with van der Waals surface area (Å²) in [7, 11) is 0. The minimum Gasteiger partial charge on any atom is -0.490 e. The molecule has 0 heterocycles. The molecule has 0 saturated heterocycles. The molecule has 3 rings (SSSR count). The quantitative estimate of drug-likeness (QED) is 0.214. The summed E-state index contributed by atoms with van der Waals surface area (Å²) in [5.74, 6) is -0.885. The number of halogens is 2. The van der Waals surface area contributed by atoms with Gasteiger partial charge in [0.1, 0.15) is 18.2 Å². The van der Waals surface area contributed by atoms with Gasteiger partial charge < -0.3 is 20.3 Å². The van der Waals surface area contributed by atoms with E-state index in [-0.39, 0.29) is 11.6 Å². The molecule has 10 heteroatoms. The van der Waals surface area contributed by atoms with Gasteiger partial charge in [0.25, 0.3) is 5.91 Å². The highest BCUT2D eigenvalue weighted by atomic mass is 79.9. The molecule has 0 radical (unpaired) electrons. The molecule has 0 aliphatic rings. The third-order valence-electron chi connectivity index (χ3n) is 6.04. The number of nitrogens with one attached hydrogen (secondary N) is 2. The number of benzene rings is 3. The first-order valence-corrected chi connectivity index (χ1v) is 13.5. The van der Waals surface area contributed by atoms with Crippen molar-refractivity contribution >= 4 is 52.1 Å². The number of likely N-dealkylation sites (N-methyl/N-ethyl adjacent to an activating group) is 1. The molecule has 1 unspecified atom stereocenters. The second kappa shape index (κ2) is 14.2. The van der Waals surface area contributed by atoms with Crippen LogP contribution in [0.5, 0.6) is 5.75 Å². The van der Waals surface area contributed by atoms with Gasteiger partial charge in [-0.05, 0) is 62.0 Å². The van der Waals surface area contributed by atoms with Crippen LogP contribution in [0.25, 0.3) is 0 Å². The Morgan fingerprint density at radius 2 is 1.74 bits per heavy atom. The van der Waals surface area contributed by atoms with E-state index in [0.29, 0.717) is 30.3 Å². The van der Waals surface area contributed by atoms with Crippen LogP contribution in [0, 0.1) is 5.82 Å². The molecule has 1 atom stereocenters. The van der Waals surface area contributed by atoms with E-state index >= 15 is 0 Å². The third kappa shape index (κ3) is 7.96. The smallest absolute Gasteiger partial charge is 0.332 e. The normalized spacial score (nSPS) is 11.7. The van der Waals surface area contributed by atoms with Crippen LogP contribution in [0.15, 0.2) is 71.2 Å². The van der Waals surface area contributed by atoms with Crippen LogP contribution in [0.4, 0.5) is 20.6 Å². The van der Waals surface area contributed by atoms with E-state index in [2.05, 4.69) is 58.1 Å². The average molecular weight is 604 g/mol. The van der Waals surface area contributed by atoms with E-state index in [9.17, 15) is 14.0 Å². The lowest BCUT2D eigenvalue weighted by molar-refractivity contribution is 0.102. The summed E-state index contributed by atoms with van der Waals surface area (Å²) < 4.78 is 22.3. The van der Waals surface area contributed by atoms with E-state index in [1.165, 1.54) is 22.5 Å². The summed E-state index contributed by atoms with van der Waals surface area (Å²) in [5, 5.41) is 5.64. The number of carbonyl (C=O) groups excluding carboxylic acids is 2. The summed E-state index contributed by atoms with van der Waals surface area (Å²) in [5.41, 5.74) is 1.65. The first-order chi connectivity index (χ1) is 18.2. The van der Waals surface area contributed by atoms with E-state index in [0.717, 1.165) is 23.1 Å². The molecule has 0 aromatic heterocycles. The number of thiol groups is 1. The van der Waals surface area contributed by atoms with Crippen molar-refractivity contribution in [2.24, 2.45) is 0 Å². The fourth-order valence-corrected chi connectivity index (χ4v) is 4.17. The van der Waals surface area contributed by atoms with Crippen molar-refractivity contribution in [2.45, 2.75) is 26.8 Å². The van der Waals surface area contributed by atoms with Crippen molar-refractivity contribution in [3.05, 3.63) is 88.1 Å². The van der Waals surface area contributed by atoms with Crippen LogP contribution >= 0.6 is 28.7 Å². The maximum absolute atomic E-state index is 14.2. The molecular formula is C28H32BrFN4O3S. The SMILES string of the molecule is CCN(CC)CCOc1cc(N(S)C(=O)NC(C)c2ccc(Br)cc2)ccc1NC(=O)c1ccccc1F. The van der Waals surface area contributed by atoms with Gasteiger partial charge >= 0.3 is 6.03 Å². The second-order valence-electron chi connectivity index (χ2n) is 8.52. The van der Waals surface area contributed by atoms with Gasteiger partial charge in [0.05, 0.1) is 23.0 Å².